The summed E-state index contributed by atoms with van der Waals surface area (Å²) in [4.78, 5) is 10.2. The van der Waals surface area contributed by atoms with E-state index in [1.807, 2.05) is 11.9 Å². The molecule has 23 heavy (non-hydrogen) atoms. The van der Waals surface area contributed by atoms with E-state index in [1.54, 1.807) is 6.07 Å². The molecule has 124 valence electrons. The molecule has 1 aromatic heterocycles. The molecule has 0 fully saturated rings. The van der Waals surface area contributed by atoms with E-state index >= 15 is 0 Å². The van der Waals surface area contributed by atoms with Crippen molar-refractivity contribution in [2.75, 3.05) is 23.8 Å². The zero-order chi connectivity index (χ0) is 16.9. The van der Waals surface area contributed by atoms with Crippen molar-refractivity contribution in [3.63, 3.8) is 0 Å². The average Bonchev–Trinajstić information content (AvgIpc) is 2.52. The van der Waals surface area contributed by atoms with E-state index in [9.17, 15) is 13.2 Å². The number of halogens is 3. The monoisotopic (exact) mass is 324 g/mol. The van der Waals surface area contributed by atoms with Crippen LogP contribution in [-0.4, -0.2) is 23.6 Å². The predicted molar refractivity (Wildman–Crippen MR) is 84.9 cm³/mol. The van der Waals surface area contributed by atoms with Crippen molar-refractivity contribution >= 4 is 17.5 Å². The molecule has 0 aliphatic heterocycles. The summed E-state index contributed by atoms with van der Waals surface area (Å²) in [6, 6.07) is 7.01. The molecule has 0 bridgehead atoms. The van der Waals surface area contributed by atoms with Crippen molar-refractivity contribution in [1.82, 2.24) is 9.97 Å². The van der Waals surface area contributed by atoms with Gasteiger partial charge in [-0.1, -0.05) is 25.5 Å². The smallest absolute Gasteiger partial charge is 0.360 e. The lowest BCUT2D eigenvalue weighted by Gasteiger charge is -2.18. The molecule has 7 heteroatoms. The number of nitrogens with zero attached hydrogens (tertiary/aromatic N) is 3. The Kier molecular flexibility index (Phi) is 5.41. The third kappa shape index (κ3) is 4.58. The lowest BCUT2D eigenvalue weighted by Crippen LogP contribution is -2.20. The Bertz CT molecular complexity index is 643. The van der Waals surface area contributed by atoms with Crippen molar-refractivity contribution in [3.8, 4) is 0 Å². The van der Waals surface area contributed by atoms with Gasteiger partial charge in [0.05, 0.1) is 11.3 Å². The Hall–Kier alpha value is -2.31. The Balaban J connectivity index is 2.22. The number of aromatic nitrogens is 2. The molecular weight excluding hydrogens is 305 g/mol. The molecule has 1 N–H and O–H groups in total. The van der Waals surface area contributed by atoms with Crippen molar-refractivity contribution in [2.45, 2.75) is 25.9 Å². The summed E-state index contributed by atoms with van der Waals surface area (Å²) in [6.45, 7) is 2.92. The first-order chi connectivity index (χ1) is 10.9. The van der Waals surface area contributed by atoms with Crippen LogP contribution in [0.4, 0.5) is 30.6 Å². The normalized spacial score (nSPS) is 11.3. The van der Waals surface area contributed by atoms with Gasteiger partial charge in [-0.05, 0) is 24.6 Å². The summed E-state index contributed by atoms with van der Waals surface area (Å²) < 4.78 is 39.0. The summed E-state index contributed by atoms with van der Waals surface area (Å²) in [5, 5.41) is 2.66. The topological polar surface area (TPSA) is 41.1 Å². The number of nitrogens with one attached hydrogen (secondary N) is 1. The third-order valence-corrected chi connectivity index (χ3v) is 3.36. The van der Waals surface area contributed by atoms with Crippen LogP contribution >= 0.6 is 0 Å². The van der Waals surface area contributed by atoms with Crippen LogP contribution in [0.2, 0.25) is 0 Å². The van der Waals surface area contributed by atoms with Gasteiger partial charge < -0.3 is 10.2 Å². The third-order valence-electron chi connectivity index (χ3n) is 3.36. The van der Waals surface area contributed by atoms with Crippen molar-refractivity contribution < 1.29 is 13.2 Å². The summed E-state index contributed by atoms with van der Waals surface area (Å²) in [7, 11) is 1.89. The molecule has 0 saturated carbocycles. The second-order valence-corrected chi connectivity index (χ2v) is 5.18. The van der Waals surface area contributed by atoms with Crippen LogP contribution in [0, 0.1) is 0 Å². The maximum atomic E-state index is 13.0. The van der Waals surface area contributed by atoms with Crippen LogP contribution in [0.5, 0.6) is 0 Å². The number of rotatable bonds is 6. The molecule has 0 atom stereocenters. The van der Waals surface area contributed by atoms with Crippen LogP contribution in [0.3, 0.4) is 0 Å². The Labute approximate surface area is 133 Å². The average molecular weight is 324 g/mol. The Morgan fingerprint density at radius 2 is 1.91 bits per heavy atom. The van der Waals surface area contributed by atoms with E-state index in [2.05, 4.69) is 22.2 Å². The molecule has 2 aromatic rings. The van der Waals surface area contributed by atoms with Gasteiger partial charge >= 0.3 is 6.18 Å². The van der Waals surface area contributed by atoms with Gasteiger partial charge in [-0.3, -0.25) is 0 Å². The standard InChI is InChI=1S/C16H19F3N4/c1-3-4-11-23(2)14-9-10-20-15(22-14)21-13-8-6-5-7-12(13)16(17,18)19/h5-10H,3-4,11H2,1-2H3,(H,20,21,22). The molecule has 0 spiro atoms. The number of benzene rings is 1. The fraction of sp³-hybridized carbons (Fsp3) is 0.375. The second-order valence-electron chi connectivity index (χ2n) is 5.18. The second kappa shape index (κ2) is 7.30. The van der Waals surface area contributed by atoms with E-state index in [4.69, 9.17) is 0 Å². The molecule has 2 rings (SSSR count). The summed E-state index contributed by atoms with van der Waals surface area (Å²) in [5.74, 6) is 0.808. The number of hydrogen-bond donors (Lipinski definition) is 1. The molecule has 0 aliphatic carbocycles. The van der Waals surface area contributed by atoms with E-state index in [-0.39, 0.29) is 11.6 Å². The van der Waals surface area contributed by atoms with E-state index in [0.717, 1.165) is 25.5 Å². The summed E-state index contributed by atoms with van der Waals surface area (Å²) in [6.07, 6.45) is -0.831. The van der Waals surface area contributed by atoms with Crippen molar-refractivity contribution in [3.05, 3.63) is 42.1 Å². The highest BCUT2D eigenvalue weighted by Gasteiger charge is 2.33. The van der Waals surface area contributed by atoms with Crippen LogP contribution in [0.25, 0.3) is 0 Å². The fourth-order valence-corrected chi connectivity index (χ4v) is 2.09. The highest BCUT2D eigenvalue weighted by atomic mass is 19.4. The number of hydrogen-bond acceptors (Lipinski definition) is 4. The van der Waals surface area contributed by atoms with Gasteiger partial charge in [0.1, 0.15) is 5.82 Å². The summed E-state index contributed by atoms with van der Waals surface area (Å²) >= 11 is 0. The number of para-hydroxylation sites is 1. The zero-order valence-corrected chi connectivity index (χ0v) is 13.1. The fourth-order valence-electron chi connectivity index (χ4n) is 2.09. The molecule has 0 aliphatic rings. The molecule has 0 unspecified atom stereocenters. The highest BCUT2D eigenvalue weighted by molar-refractivity contribution is 5.60. The molecule has 0 amide bonds. The zero-order valence-electron chi connectivity index (χ0n) is 13.1. The quantitative estimate of drug-likeness (QED) is 0.851. The molecular formula is C16H19F3N4. The maximum Gasteiger partial charge on any atom is 0.418 e. The first-order valence-corrected chi connectivity index (χ1v) is 7.39. The van der Waals surface area contributed by atoms with Crippen molar-refractivity contribution in [1.29, 1.82) is 0 Å². The molecule has 4 nitrogen and oxygen atoms in total. The van der Waals surface area contributed by atoms with Gasteiger partial charge in [-0.2, -0.15) is 18.2 Å². The lowest BCUT2D eigenvalue weighted by molar-refractivity contribution is -0.136. The van der Waals surface area contributed by atoms with Crippen LogP contribution in [0.1, 0.15) is 25.3 Å². The van der Waals surface area contributed by atoms with Gasteiger partial charge in [0.15, 0.2) is 0 Å². The SMILES string of the molecule is CCCCN(C)c1ccnc(Nc2ccccc2C(F)(F)F)n1. The largest absolute Gasteiger partial charge is 0.418 e. The van der Waals surface area contributed by atoms with E-state index in [1.165, 1.54) is 24.4 Å². The first-order valence-electron chi connectivity index (χ1n) is 7.39. The summed E-state index contributed by atoms with van der Waals surface area (Å²) in [5.41, 5.74) is -0.804. The number of alkyl halides is 3. The number of unbranched alkanes of at least 4 members (excludes halogenated alkanes) is 1. The first kappa shape index (κ1) is 17.1. The molecule has 0 saturated heterocycles. The Morgan fingerprint density at radius 1 is 1.17 bits per heavy atom. The molecule has 0 radical (unpaired) electrons. The highest BCUT2D eigenvalue weighted by Crippen LogP contribution is 2.35. The molecule has 1 heterocycles. The minimum Gasteiger partial charge on any atom is -0.360 e. The van der Waals surface area contributed by atoms with Crippen molar-refractivity contribution in [2.24, 2.45) is 0 Å². The van der Waals surface area contributed by atoms with Gasteiger partial charge in [-0.15, -0.1) is 0 Å². The minimum absolute atomic E-state index is 0.0617. The van der Waals surface area contributed by atoms with Crippen LogP contribution in [-0.2, 0) is 6.18 Å². The minimum atomic E-state index is -4.43. The van der Waals surface area contributed by atoms with E-state index < -0.39 is 11.7 Å². The molecule has 1 aromatic carbocycles. The van der Waals surface area contributed by atoms with Gasteiger partial charge in [-0.25, -0.2) is 4.98 Å². The van der Waals surface area contributed by atoms with Gasteiger partial charge in [0.2, 0.25) is 5.95 Å². The van der Waals surface area contributed by atoms with Gasteiger partial charge in [0.25, 0.3) is 0 Å². The Morgan fingerprint density at radius 3 is 2.61 bits per heavy atom. The van der Waals surface area contributed by atoms with Crippen LogP contribution in [0.15, 0.2) is 36.5 Å². The number of anilines is 3. The van der Waals surface area contributed by atoms with E-state index in [0.29, 0.717) is 5.82 Å². The predicted octanol–water partition coefficient (Wildman–Crippen LogP) is 4.48. The van der Waals surface area contributed by atoms with Gasteiger partial charge in [0, 0.05) is 19.8 Å². The van der Waals surface area contributed by atoms with Crippen LogP contribution < -0.4 is 10.2 Å². The maximum absolute atomic E-state index is 13.0. The lowest BCUT2D eigenvalue weighted by atomic mass is 10.1.